The molecular formula is C16H25N3O4S. The molecule has 0 bridgehead atoms. The molecule has 0 aliphatic carbocycles. The van der Waals surface area contributed by atoms with Crippen molar-refractivity contribution in [2.24, 2.45) is 11.1 Å². The van der Waals surface area contributed by atoms with Gasteiger partial charge >= 0.3 is 0 Å². The normalized spacial score (nSPS) is 17.7. The molecule has 0 aromatic heterocycles. The molecule has 2 rings (SSSR count). The molecule has 1 aliphatic rings. The molecule has 24 heavy (non-hydrogen) atoms. The Morgan fingerprint density at radius 3 is 2.50 bits per heavy atom. The molecule has 7 nitrogen and oxygen atoms in total. The average Bonchev–Trinajstić information content (AvgIpc) is 2.60. The van der Waals surface area contributed by atoms with Gasteiger partial charge in [-0.1, -0.05) is 18.2 Å². The van der Waals surface area contributed by atoms with E-state index < -0.39 is 15.4 Å². The van der Waals surface area contributed by atoms with E-state index in [0.717, 1.165) is 4.31 Å². The SMILES string of the molecule is CN(C)S(=O)(=O)c1ccccc1CNC(=O)C1(CN)CCOCC1. The molecule has 3 N–H and O–H groups in total. The molecule has 0 atom stereocenters. The summed E-state index contributed by atoms with van der Waals surface area (Å²) in [6, 6.07) is 6.67. The molecule has 1 aromatic carbocycles. The summed E-state index contributed by atoms with van der Waals surface area (Å²) in [7, 11) is -0.599. The first-order valence-electron chi connectivity index (χ1n) is 7.90. The van der Waals surface area contributed by atoms with Gasteiger partial charge in [0.05, 0.1) is 10.3 Å². The van der Waals surface area contributed by atoms with Crippen LogP contribution in [0.25, 0.3) is 0 Å². The lowest BCUT2D eigenvalue weighted by Gasteiger charge is -2.34. The Morgan fingerprint density at radius 1 is 1.29 bits per heavy atom. The van der Waals surface area contributed by atoms with Gasteiger partial charge in [0.1, 0.15) is 0 Å². The zero-order chi connectivity index (χ0) is 17.8. The molecule has 134 valence electrons. The second kappa shape index (κ2) is 7.60. The monoisotopic (exact) mass is 355 g/mol. The Morgan fingerprint density at radius 2 is 1.92 bits per heavy atom. The standard InChI is InChI=1S/C16H25N3O4S/c1-19(2)24(21,22)14-6-4-3-5-13(14)11-18-15(20)16(12-17)7-9-23-10-8-16/h3-6H,7-12,17H2,1-2H3,(H,18,20). The van der Waals surface area contributed by atoms with Gasteiger partial charge in [0.15, 0.2) is 0 Å². The summed E-state index contributed by atoms with van der Waals surface area (Å²) < 4.78 is 31.3. The van der Waals surface area contributed by atoms with Crippen LogP contribution in [0, 0.1) is 5.41 Å². The first-order chi connectivity index (χ1) is 11.3. The van der Waals surface area contributed by atoms with Gasteiger partial charge in [0.2, 0.25) is 15.9 Å². The second-order valence-electron chi connectivity index (χ2n) is 6.17. The first-order valence-corrected chi connectivity index (χ1v) is 9.34. The molecule has 8 heteroatoms. The summed E-state index contributed by atoms with van der Waals surface area (Å²) >= 11 is 0. The Labute approximate surface area is 143 Å². The fraction of sp³-hybridized carbons (Fsp3) is 0.562. The van der Waals surface area contributed by atoms with Crippen molar-refractivity contribution in [1.82, 2.24) is 9.62 Å². The highest BCUT2D eigenvalue weighted by molar-refractivity contribution is 7.89. The van der Waals surface area contributed by atoms with Gasteiger partial charge in [-0.2, -0.15) is 0 Å². The number of carbonyl (C=O) groups excluding carboxylic acids is 1. The average molecular weight is 355 g/mol. The number of carbonyl (C=O) groups is 1. The fourth-order valence-electron chi connectivity index (χ4n) is 2.75. The molecule has 0 spiro atoms. The van der Waals surface area contributed by atoms with Gasteiger partial charge in [-0.3, -0.25) is 4.79 Å². The van der Waals surface area contributed by atoms with Crippen molar-refractivity contribution in [2.45, 2.75) is 24.3 Å². The number of nitrogens with zero attached hydrogens (tertiary/aromatic N) is 1. The summed E-state index contributed by atoms with van der Waals surface area (Å²) in [5.74, 6) is -0.148. The topological polar surface area (TPSA) is 102 Å². The van der Waals surface area contributed by atoms with Crippen LogP contribution in [0.1, 0.15) is 18.4 Å². The van der Waals surface area contributed by atoms with Crippen LogP contribution in [0.4, 0.5) is 0 Å². The van der Waals surface area contributed by atoms with Crippen molar-refractivity contribution < 1.29 is 17.9 Å². The summed E-state index contributed by atoms with van der Waals surface area (Å²) in [6.07, 6.45) is 1.15. The number of amides is 1. The Balaban J connectivity index is 2.17. The van der Waals surface area contributed by atoms with Crippen molar-refractivity contribution in [3.8, 4) is 0 Å². The highest BCUT2D eigenvalue weighted by Gasteiger charge is 2.38. The predicted octanol–water partition coefficient (Wildman–Crippen LogP) is 0.309. The minimum atomic E-state index is -3.56. The summed E-state index contributed by atoms with van der Waals surface area (Å²) in [4.78, 5) is 12.8. The summed E-state index contributed by atoms with van der Waals surface area (Å²) in [6.45, 7) is 1.41. The number of nitrogens with two attached hydrogens (primary N) is 1. The van der Waals surface area contributed by atoms with E-state index in [2.05, 4.69) is 5.32 Å². The van der Waals surface area contributed by atoms with E-state index in [0.29, 0.717) is 31.6 Å². The zero-order valence-electron chi connectivity index (χ0n) is 14.1. The molecule has 0 saturated carbocycles. The maximum Gasteiger partial charge on any atom is 0.242 e. The van der Waals surface area contributed by atoms with Crippen LogP contribution >= 0.6 is 0 Å². The van der Waals surface area contributed by atoms with Gasteiger partial charge in [0, 0.05) is 40.4 Å². The van der Waals surface area contributed by atoms with E-state index in [4.69, 9.17) is 10.5 Å². The van der Waals surface area contributed by atoms with Crippen LogP contribution in [0.5, 0.6) is 0 Å². The number of nitrogens with one attached hydrogen (secondary N) is 1. The van der Waals surface area contributed by atoms with E-state index in [1.54, 1.807) is 24.3 Å². The van der Waals surface area contributed by atoms with Crippen molar-refractivity contribution in [3.05, 3.63) is 29.8 Å². The van der Waals surface area contributed by atoms with E-state index in [-0.39, 0.29) is 23.9 Å². The van der Waals surface area contributed by atoms with Gasteiger partial charge in [-0.25, -0.2) is 12.7 Å². The van der Waals surface area contributed by atoms with Crippen LogP contribution in [-0.4, -0.2) is 52.5 Å². The number of hydrogen-bond donors (Lipinski definition) is 2. The van der Waals surface area contributed by atoms with Crippen LogP contribution < -0.4 is 11.1 Å². The minimum absolute atomic E-state index is 0.144. The van der Waals surface area contributed by atoms with E-state index in [1.807, 2.05) is 0 Å². The summed E-state index contributed by atoms with van der Waals surface area (Å²) in [5, 5.41) is 2.85. The molecule has 0 unspecified atom stereocenters. The van der Waals surface area contributed by atoms with Crippen LogP contribution in [0.3, 0.4) is 0 Å². The zero-order valence-corrected chi connectivity index (χ0v) is 14.9. The first kappa shape index (κ1) is 18.9. The Bertz CT molecular complexity index is 682. The Hall–Kier alpha value is -1.48. The maximum absolute atomic E-state index is 12.6. The van der Waals surface area contributed by atoms with Crippen LogP contribution in [0.15, 0.2) is 29.2 Å². The second-order valence-corrected chi connectivity index (χ2v) is 8.29. The smallest absolute Gasteiger partial charge is 0.242 e. The van der Waals surface area contributed by atoms with Gasteiger partial charge in [-0.05, 0) is 24.5 Å². The number of sulfonamides is 1. The molecule has 1 amide bonds. The molecule has 1 aromatic rings. The summed E-state index contributed by atoms with van der Waals surface area (Å²) in [5.41, 5.74) is 5.75. The van der Waals surface area contributed by atoms with Gasteiger partial charge in [0.25, 0.3) is 0 Å². The van der Waals surface area contributed by atoms with Crippen LogP contribution in [-0.2, 0) is 26.1 Å². The molecule has 1 aliphatic heterocycles. The fourth-order valence-corrected chi connectivity index (χ4v) is 3.86. The molecule has 1 fully saturated rings. The number of ether oxygens (including phenoxy) is 1. The number of rotatable bonds is 6. The third-order valence-corrected chi connectivity index (χ3v) is 6.41. The lowest BCUT2D eigenvalue weighted by atomic mass is 9.79. The quantitative estimate of drug-likeness (QED) is 0.765. The Kier molecular flexibility index (Phi) is 5.97. The number of benzene rings is 1. The van der Waals surface area contributed by atoms with E-state index in [9.17, 15) is 13.2 Å². The highest BCUT2D eigenvalue weighted by Crippen LogP contribution is 2.29. The highest BCUT2D eigenvalue weighted by atomic mass is 32.2. The van der Waals surface area contributed by atoms with Crippen LogP contribution in [0.2, 0.25) is 0 Å². The number of hydrogen-bond acceptors (Lipinski definition) is 5. The lowest BCUT2D eigenvalue weighted by molar-refractivity contribution is -0.136. The lowest BCUT2D eigenvalue weighted by Crippen LogP contribution is -2.49. The third kappa shape index (κ3) is 3.77. The third-order valence-electron chi connectivity index (χ3n) is 4.49. The molecular weight excluding hydrogens is 330 g/mol. The predicted molar refractivity (Wildman–Crippen MR) is 90.7 cm³/mol. The van der Waals surface area contributed by atoms with Gasteiger partial charge < -0.3 is 15.8 Å². The van der Waals surface area contributed by atoms with Gasteiger partial charge in [-0.15, -0.1) is 0 Å². The van der Waals surface area contributed by atoms with E-state index >= 15 is 0 Å². The van der Waals surface area contributed by atoms with Crippen molar-refractivity contribution in [1.29, 1.82) is 0 Å². The minimum Gasteiger partial charge on any atom is -0.381 e. The van der Waals surface area contributed by atoms with Crippen molar-refractivity contribution in [3.63, 3.8) is 0 Å². The van der Waals surface area contributed by atoms with Crippen molar-refractivity contribution >= 4 is 15.9 Å². The van der Waals surface area contributed by atoms with Crippen molar-refractivity contribution in [2.75, 3.05) is 33.9 Å². The molecule has 0 radical (unpaired) electrons. The largest absolute Gasteiger partial charge is 0.381 e. The van der Waals surface area contributed by atoms with E-state index in [1.165, 1.54) is 14.1 Å². The molecule has 1 saturated heterocycles. The molecule has 1 heterocycles. The maximum atomic E-state index is 12.6.